The lowest BCUT2D eigenvalue weighted by molar-refractivity contribution is 0.0459. The number of likely N-dealkylation sites (tertiary alicyclic amines) is 1. The molecule has 1 aliphatic heterocycles. The van der Waals surface area contributed by atoms with E-state index >= 15 is 0 Å². The molecule has 3 aromatic rings. The zero-order chi connectivity index (χ0) is 19.6. The SMILES string of the molecule is Fc1cccc(CN2C[C@H]3C[C@H](Oc4ccccn4)[C@@H](n4cccn4)C[C@H]3C2)c1. The fraction of sp³-hybridized carbons (Fsp3) is 0.391. The lowest BCUT2D eigenvalue weighted by Crippen LogP contribution is -2.40. The van der Waals surface area contributed by atoms with Crippen molar-refractivity contribution in [1.82, 2.24) is 19.7 Å². The van der Waals surface area contributed by atoms with E-state index in [-0.39, 0.29) is 18.0 Å². The molecule has 0 N–H and O–H groups in total. The number of halogens is 1. The Balaban J connectivity index is 1.32. The first-order valence-corrected chi connectivity index (χ1v) is 10.3. The van der Waals surface area contributed by atoms with Gasteiger partial charge in [0.2, 0.25) is 5.88 Å². The summed E-state index contributed by atoms with van der Waals surface area (Å²) in [7, 11) is 0. The van der Waals surface area contributed by atoms with Crippen molar-refractivity contribution in [1.29, 1.82) is 0 Å². The Morgan fingerprint density at radius 2 is 1.90 bits per heavy atom. The summed E-state index contributed by atoms with van der Waals surface area (Å²) in [5.41, 5.74) is 1.04. The normalized spacial score (nSPS) is 26.9. The lowest BCUT2D eigenvalue weighted by atomic mass is 9.77. The molecule has 2 aliphatic rings. The van der Waals surface area contributed by atoms with E-state index in [4.69, 9.17) is 4.74 Å². The first-order chi connectivity index (χ1) is 14.2. The topological polar surface area (TPSA) is 43.2 Å². The summed E-state index contributed by atoms with van der Waals surface area (Å²) in [6, 6.07) is 14.9. The van der Waals surface area contributed by atoms with Crippen molar-refractivity contribution in [2.75, 3.05) is 13.1 Å². The van der Waals surface area contributed by atoms with E-state index in [0.29, 0.717) is 17.7 Å². The summed E-state index contributed by atoms with van der Waals surface area (Å²) in [6.07, 6.45) is 7.67. The Morgan fingerprint density at radius 1 is 1.00 bits per heavy atom. The van der Waals surface area contributed by atoms with Gasteiger partial charge in [0.15, 0.2) is 0 Å². The number of aromatic nitrogens is 3. The zero-order valence-electron chi connectivity index (χ0n) is 16.3. The Morgan fingerprint density at radius 3 is 2.66 bits per heavy atom. The van der Waals surface area contributed by atoms with Gasteiger partial charge in [-0.15, -0.1) is 0 Å². The molecule has 4 atom stereocenters. The monoisotopic (exact) mass is 392 g/mol. The van der Waals surface area contributed by atoms with Crippen LogP contribution in [0, 0.1) is 17.7 Å². The van der Waals surface area contributed by atoms with Gasteiger partial charge < -0.3 is 4.74 Å². The van der Waals surface area contributed by atoms with Gasteiger partial charge >= 0.3 is 0 Å². The summed E-state index contributed by atoms with van der Waals surface area (Å²) in [5, 5.41) is 4.50. The molecule has 150 valence electrons. The molecule has 2 fully saturated rings. The van der Waals surface area contributed by atoms with Crippen LogP contribution < -0.4 is 4.74 Å². The third kappa shape index (κ3) is 4.03. The summed E-state index contributed by atoms with van der Waals surface area (Å²) in [5.74, 6) is 1.68. The fourth-order valence-electron chi connectivity index (χ4n) is 4.96. The molecule has 1 aliphatic carbocycles. The van der Waals surface area contributed by atoms with Gasteiger partial charge in [0, 0.05) is 44.3 Å². The number of nitrogens with zero attached hydrogens (tertiary/aromatic N) is 4. The van der Waals surface area contributed by atoms with Crippen molar-refractivity contribution < 1.29 is 9.13 Å². The maximum atomic E-state index is 13.6. The van der Waals surface area contributed by atoms with Crippen LogP contribution in [0.2, 0.25) is 0 Å². The second kappa shape index (κ2) is 7.95. The van der Waals surface area contributed by atoms with Crippen LogP contribution in [-0.4, -0.2) is 38.9 Å². The number of pyridine rings is 1. The molecule has 2 aromatic heterocycles. The van der Waals surface area contributed by atoms with Crippen LogP contribution in [0.15, 0.2) is 67.1 Å². The molecule has 5 rings (SSSR count). The highest BCUT2D eigenvalue weighted by molar-refractivity contribution is 5.17. The smallest absolute Gasteiger partial charge is 0.213 e. The highest BCUT2D eigenvalue weighted by atomic mass is 19.1. The third-order valence-electron chi connectivity index (χ3n) is 6.23. The highest BCUT2D eigenvalue weighted by Gasteiger charge is 2.44. The van der Waals surface area contributed by atoms with Crippen molar-refractivity contribution in [2.45, 2.75) is 31.5 Å². The Hall–Kier alpha value is -2.73. The molecule has 0 bridgehead atoms. The molecule has 1 aromatic carbocycles. The number of ether oxygens (including phenoxy) is 1. The minimum absolute atomic E-state index is 0.0418. The minimum Gasteiger partial charge on any atom is -0.472 e. The molecule has 5 nitrogen and oxygen atoms in total. The van der Waals surface area contributed by atoms with Crippen molar-refractivity contribution in [3.8, 4) is 5.88 Å². The average molecular weight is 392 g/mol. The molecule has 3 heterocycles. The second-order valence-electron chi connectivity index (χ2n) is 8.19. The Bertz CT molecular complexity index is 933. The van der Waals surface area contributed by atoms with Gasteiger partial charge in [-0.1, -0.05) is 18.2 Å². The molecule has 0 unspecified atom stereocenters. The van der Waals surface area contributed by atoms with E-state index in [1.54, 1.807) is 18.3 Å². The van der Waals surface area contributed by atoms with Crippen molar-refractivity contribution >= 4 is 0 Å². The van der Waals surface area contributed by atoms with Crippen LogP contribution in [0.3, 0.4) is 0 Å². The maximum Gasteiger partial charge on any atom is 0.213 e. The molecule has 6 heteroatoms. The molecule has 0 spiro atoms. The van der Waals surface area contributed by atoms with Crippen molar-refractivity contribution in [2.24, 2.45) is 11.8 Å². The number of benzene rings is 1. The van der Waals surface area contributed by atoms with Crippen molar-refractivity contribution in [3.63, 3.8) is 0 Å². The van der Waals surface area contributed by atoms with Gasteiger partial charge in [-0.3, -0.25) is 9.58 Å². The summed E-state index contributed by atoms with van der Waals surface area (Å²) in [6.45, 7) is 2.85. The van der Waals surface area contributed by atoms with Gasteiger partial charge in [0.05, 0.1) is 6.04 Å². The molecule has 1 saturated heterocycles. The van der Waals surface area contributed by atoms with Crippen LogP contribution in [0.25, 0.3) is 0 Å². The lowest BCUT2D eigenvalue weighted by Gasteiger charge is -2.37. The molecular formula is C23H25FN4O. The quantitative estimate of drug-likeness (QED) is 0.660. The predicted octanol–water partition coefficient (Wildman–Crippen LogP) is 3.95. The number of fused-ring (bicyclic) bond motifs is 1. The van der Waals surface area contributed by atoms with Crippen molar-refractivity contribution in [3.05, 3.63) is 78.5 Å². The van der Waals surface area contributed by atoms with E-state index < -0.39 is 0 Å². The van der Waals surface area contributed by atoms with Crippen LogP contribution in [0.5, 0.6) is 5.88 Å². The minimum atomic E-state index is -0.165. The highest BCUT2D eigenvalue weighted by Crippen LogP contribution is 2.42. The standard InChI is InChI=1S/C23H25FN4O/c24-20-6-3-5-17(11-20)14-27-15-18-12-21(28-10-4-9-26-28)22(13-19(18)16-27)29-23-7-1-2-8-25-23/h1-11,18-19,21-22H,12-16H2/t18-,19+,21-,22-/m0/s1. The first kappa shape index (κ1) is 18.3. The summed E-state index contributed by atoms with van der Waals surface area (Å²) < 4.78 is 21.9. The molecule has 0 radical (unpaired) electrons. The first-order valence-electron chi connectivity index (χ1n) is 10.3. The van der Waals surface area contributed by atoms with E-state index in [2.05, 4.69) is 15.0 Å². The molecular weight excluding hydrogens is 367 g/mol. The molecule has 1 saturated carbocycles. The second-order valence-corrected chi connectivity index (χ2v) is 8.19. The zero-order valence-corrected chi connectivity index (χ0v) is 16.3. The van der Waals surface area contributed by atoms with Gasteiger partial charge in [-0.25, -0.2) is 9.37 Å². The van der Waals surface area contributed by atoms with E-state index in [9.17, 15) is 4.39 Å². The van der Waals surface area contributed by atoms with Crippen LogP contribution in [0.1, 0.15) is 24.4 Å². The van der Waals surface area contributed by atoms with Crippen LogP contribution in [0.4, 0.5) is 4.39 Å². The van der Waals surface area contributed by atoms with Gasteiger partial charge in [0.1, 0.15) is 11.9 Å². The van der Waals surface area contributed by atoms with E-state index in [0.717, 1.165) is 38.0 Å². The third-order valence-corrected chi connectivity index (χ3v) is 6.23. The van der Waals surface area contributed by atoms with Gasteiger partial charge in [0.25, 0.3) is 0 Å². The molecule has 29 heavy (non-hydrogen) atoms. The van der Waals surface area contributed by atoms with Gasteiger partial charge in [-0.2, -0.15) is 5.10 Å². The number of hydrogen-bond donors (Lipinski definition) is 0. The van der Waals surface area contributed by atoms with E-state index in [1.165, 1.54) is 6.07 Å². The summed E-state index contributed by atoms with van der Waals surface area (Å²) in [4.78, 5) is 6.81. The van der Waals surface area contributed by atoms with Crippen LogP contribution >= 0.6 is 0 Å². The fourth-order valence-corrected chi connectivity index (χ4v) is 4.96. The molecule has 0 amide bonds. The average Bonchev–Trinajstić information content (AvgIpc) is 3.37. The van der Waals surface area contributed by atoms with Crippen LogP contribution in [-0.2, 0) is 6.54 Å². The number of rotatable bonds is 5. The Kier molecular flexibility index (Phi) is 5.02. The maximum absolute atomic E-state index is 13.6. The largest absolute Gasteiger partial charge is 0.472 e. The Labute approximate surface area is 170 Å². The number of hydrogen-bond acceptors (Lipinski definition) is 4. The van der Waals surface area contributed by atoms with E-state index in [1.807, 2.05) is 47.4 Å². The predicted molar refractivity (Wildman–Crippen MR) is 108 cm³/mol. The summed E-state index contributed by atoms with van der Waals surface area (Å²) >= 11 is 0. The van der Waals surface area contributed by atoms with Gasteiger partial charge in [-0.05, 0) is 54.5 Å².